The van der Waals surface area contributed by atoms with Crippen molar-refractivity contribution in [3.63, 3.8) is 0 Å². The van der Waals surface area contributed by atoms with Crippen molar-refractivity contribution >= 4 is 0 Å². The van der Waals surface area contributed by atoms with Gasteiger partial charge in [-0.3, -0.25) is 4.98 Å². The highest BCUT2D eigenvalue weighted by Gasteiger charge is 2.32. The Morgan fingerprint density at radius 2 is 2.00 bits per heavy atom. The molecule has 72 valence electrons. The molecule has 0 saturated heterocycles. The van der Waals surface area contributed by atoms with Gasteiger partial charge in [0.2, 0.25) is 0 Å². The smallest absolute Gasteiger partial charge is 0.325 e. The number of pyridine rings is 1. The Bertz CT molecular complexity index is 307. The van der Waals surface area contributed by atoms with Crippen molar-refractivity contribution in [1.29, 1.82) is 0 Å². The van der Waals surface area contributed by atoms with Crippen LogP contribution in [0.5, 0.6) is 0 Å². The number of hydrogen-bond acceptors (Lipinski definition) is 2. The van der Waals surface area contributed by atoms with Gasteiger partial charge in [0.15, 0.2) is 0 Å². The number of alkyl halides is 3. The van der Waals surface area contributed by atoms with Crippen LogP contribution in [0.3, 0.4) is 0 Å². The molecule has 0 aromatic carbocycles. The summed E-state index contributed by atoms with van der Waals surface area (Å²) in [7, 11) is 0. The zero-order chi connectivity index (χ0) is 10.1. The summed E-state index contributed by atoms with van der Waals surface area (Å²) < 4.78 is 36.6. The zero-order valence-corrected chi connectivity index (χ0v) is 7.02. The molecule has 2 nitrogen and oxygen atoms in total. The van der Waals surface area contributed by atoms with Crippen LogP contribution in [0.15, 0.2) is 12.1 Å². The minimum Gasteiger partial charge on any atom is -0.325 e. The van der Waals surface area contributed by atoms with Gasteiger partial charge in [0.25, 0.3) is 0 Å². The van der Waals surface area contributed by atoms with Crippen LogP contribution >= 0.6 is 0 Å². The maximum absolute atomic E-state index is 12.2. The largest absolute Gasteiger partial charge is 0.418 e. The summed E-state index contributed by atoms with van der Waals surface area (Å²) in [6, 6.07) is 2.29. The SMILES string of the molecule is Cc1nc(CN)ccc1C(F)(F)F. The number of hydrogen-bond donors (Lipinski definition) is 1. The third-order valence-electron chi connectivity index (χ3n) is 1.66. The summed E-state index contributed by atoms with van der Waals surface area (Å²) in [6.45, 7) is 1.47. The quantitative estimate of drug-likeness (QED) is 0.734. The highest BCUT2D eigenvalue weighted by atomic mass is 19.4. The molecule has 0 aliphatic heterocycles. The first-order valence-electron chi connectivity index (χ1n) is 3.69. The highest BCUT2D eigenvalue weighted by molar-refractivity contribution is 5.24. The maximum atomic E-state index is 12.2. The summed E-state index contributed by atoms with van der Waals surface area (Å²) in [5, 5.41) is 0. The molecule has 13 heavy (non-hydrogen) atoms. The van der Waals surface area contributed by atoms with Crippen LogP contribution in [0.25, 0.3) is 0 Å². The van der Waals surface area contributed by atoms with Crippen LogP contribution in [0, 0.1) is 6.92 Å². The van der Waals surface area contributed by atoms with Gasteiger partial charge in [-0.1, -0.05) is 0 Å². The Labute approximate surface area is 73.6 Å². The molecule has 1 rings (SSSR count). The lowest BCUT2D eigenvalue weighted by Crippen LogP contribution is -2.10. The maximum Gasteiger partial charge on any atom is 0.418 e. The minimum atomic E-state index is -4.33. The Kier molecular flexibility index (Phi) is 2.56. The van der Waals surface area contributed by atoms with E-state index in [1.54, 1.807) is 0 Å². The molecule has 0 aliphatic carbocycles. The first-order chi connectivity index (χ1) is 5.95. The van der Waals surface area contributed by atoms with Crippen LogP contribution in [0.1, 0.15) is 17.0 Å². The van der Waals surface area contributed by atoms with Gasteiger partial charge in [-0.05, 0) is 19.1 Å². The number of aromatic nitrogens is 1. The number of rotatable bonds is 1. The second-order valence-electron chi connectivity index (χ2n) is 2.64. The predicted molar refractivity (Wildman–Crippen MR) is 41.9 cm³/mol. The van der Waals surface area contributed by atoms with E-state index in [1.807, 2.05) is 0 Å². The van der Waals surface area contributed by atoms with E-state index in [1.165, 1.54) is 13.0 Å². The molecule has 2 N–H and O–H groups in total. The van der Waals surface area contributed by atoms with Crippen LogP contribution < -0.4 is 5.73 Å². The Morgan fingerprint density at radius 3 is 2.38 bits per heavy atom. The number of halogens is 3. The third kappa shape index (κ3) is 2.18. The highest BCUT2D eigenvalue weighted by Crippen LogP contribution is 2.30. The molecule has 0 bridgehead atoms. The lowest BCUT2D eigenvalue weighted by atomic mass is 10.2. The Morgan fingerprint density at radius 1 is 1.38 bits per heavy atom. The zero-order valence-electron chi connectivity index (χ0n) is 7.02. The van der Waals surface area contributed by atoms with E-state index in [0.717, 1.165) is 6.07 Å². The number of nitrogens with zero attached hydrogens (tertiary/aromatic N) is 1. The van der Waals surface area contributed by atoms with Crippen molar-refractivity contribution in [2.75, 3.05) is 0 Å². The third-order valence-corrected chi connectivity index (χ3v) is 1.66. The fraction of sp³-hybridized carbons (Fsp3) is 0.375. The molecule has 1 heterocycles. The monoisotopic (exact) mass is 190 g/mol. The molecule has 0 spiro atoms. The van der Waals surface area contributed by atoms with E-state index in [2.05, 4.69) is 4.98 Å². The molecule has 1 aromatic rings. The molecule has 0 saturated carbocycles. The minimum absolute atomic E-state index is 0.0320. The summed E-state index contributed by atoms with van der Waals surface area (Å²) >= 11 is 0. The van der Waals surface area contributed by atoms with Gasteiger partial charge in [0.1, 0.15) is 0 Å². The lowest BCUT2D eigenvalue weighted by Gasteiger charge is -2.09. The van der Waals surface area contributed by atoms with E-state index in [0.29, 0.717) is 5.69 Å². The first-order valence-corrected chi connectivity index (χ1v) is 3.69. The molecule has 0 aliphatic rings. The Hall–Kier alpha value is -1.10. The van der Waals surface area contributed by atoms with Crippen LogP contribution in [-0.2, 0) is 12.7 Å². The molecule has 0 amide bonds. The standard InChI is InChI=1S/C8H9F3N2/c1-5-7(8(9,10)11)3-2-6(4-12)13-5/h2-3H,4,12H2,1H3. The topological polar surface area (TPSA) is 38.9 Å². The van der Waals surface area contributed by atoms with E-state index in [-0.39, 0.29) is 12.2 Å². The van der Waals surface area contributed by atoms with E-state index < -0.39 is 11.7 Å². The summed E-state index contributed by atoms with van der Waals surface area (Å²) in [5.74, 6) is 0. The predicted octanol–water partition coefficient (Wildman–Crippen LogP) is 1.87. The summed E-state index contributed by atoms with van der Waals surface area (Å²) in [5.41, 5.74) is 4.96. The van der Waals surface area contributed by atoms with Crippen molar-refractivity contribution in [2.24, 2.45) is 5.73 Å². The van der Waals surface area contributed by atoms with Crippen molar-refractivity contribution < 1.29 is 13.2 Å². The van der Waals surface area contributed by atoms with E-state index in [4.69, 9.17) is 5.73 Å². The van der Waals surface area contributed by atoms with E-state index >= 15 is 0 Å². The van der Waals surface area contributed by atoms with Crippen LogP contribution in [0.2, 0.25) is 0 Å². The molecule has 5 heteroatoms. The lowest BCUT2D eigenvalue weighted by molar-refractivity contribution is -0.138. The van der Waals surface area contributed by atoms with Crippen molar-refractivity contribution in [3.8, 4) is 0 Å². The van der Waals surface area contributed by atoms with Gasteiger partial charge in [-0.2, -0.15) is 13.2 Å². The molecule has 0 unspecified atom stereocenters. The molecule has 0 radical (unpaired) electrons. The molecular weight excluding hydrogens is 181 g/mol. The van der Waals surface area contributed by atoms with Gasteiger partial charge >= 0.3 is 6.18 Å². The van der Waals surface area contributed by atoms with Crippen molar-refractivity contribution in [3.05, 3.63) is 29.1 Å². The van der Waals surface area contributed by atoms with Gasteiger partial charge in [-0.25, -0.2) is 0 Å². The van der Waals surface area contributed by atoms with Crippen LogP contribution in [0.4, 0.5) is 13.2 Å². The number of nitrogens with two attached hydrogens (primary N) is 1. The summed E-state index contributed by atoms with van der Waals surface area (Å²) in [4.78, 5) is 3.71. The summed E-state index contributed by atoms with van der Waals surface area (Å²) in [6.07, 6.45) is -4.33. The Balaban J connectivity index is 3.13. The second kappa shape index (κ2) is 3.33. The fourth-order valence-corrected chi connectivity index (χ4v) is 1.03. The van der Waals surface area contributed by atoms with Gasteiger partial charge in [-0.15, -0.1) is 0 Å². The van der Waals surface area contributed by atoms with Gasteiger partial charge in [0.05, 0.1) is 11.3 Å². The van der Waals surface area contributed by atoms with Crippen LogP contribution in [-0.4, -0.2) is 4.98 Å². The average Bonchev–Trinajstić information content (AvgIpc) is 2.01. The first kappa shape index (κ1) is 9.98. The number of aryl methyl sites for hydroxylation is 1. The normalized spacial score (nSPS) is 11.8. The average molecular weight is 190 g/mol. The van der Waals surface area contributed by atoms with Crippen molar-refractivity contribution in [1.82, 2.24) is 4.98 Å². The second-order valence-corrected chi connectivity index (χ2v) is 2.64. The molecular formula is C8H9F3N2. The van der Waals surface area contributed by atoms with Crippen molar-refractivity contribution in [2.45, 2.75) is 19.6 Å². The van der Waals surface area contributed by atoms with Gasteiger partial charge in [0, 0.05) is 12.2 Å². The van der Waals surface area contributed by atoms with E-state index in [9.17, 15) is 13.2 Å². The molecule has 0 fully saturated rings. The molecule has 1 aromatic heterocycles. The molecule has 0 atom stereocenters. The van der Waals surface area contributed by atoms with Gasteiger partial charge < -0.3 is 5.73 Å². The fourth-order valence-electron chi connectivity index (χ4n) is 1.03.